The molecule has 0 aromatic carbocycles. The summed E-state index contributed by atoms with van der Waals surface area (Å²) in [4.78, 5) is 27.8. The molecule has 35 heavy (non-hydrogen) atoms. The van der Waals surface area contributed by atoms with Gasteiger partial charge >= 0.3 is 0 Å². The van der Waals surface area contributed by atoms with Crippen molar-refractivity contribution < 1.29 is 14.3 Å². The Morgan fingerprint density at radius 1 is 1.23 bits per heavy atom. The van der Waals surface area contributed by atoms with Crippen LogP contribution in [0.1, 0.15) is 91.4 Å². The lowest BCUT2D eigenvalue weighted by atomic mass is 9.89. The van der Waals surface area contributed by atoms with Crippen LogP contribution >= 0.6 is 0 Å². The van der Waals surface area contributed by atoms with E-state index in [1.807, 2.05) is 0 Å². The van der Waals surface area contributed by atoms with Crippen LogP contribution in [0.15, 0.2) is 23.8 Å². The number of hydrogen-bond donors (Lipinski definition) is 2. The van der Waals surface area contributed by atoms with Gasteiger partial charge < -0.3 is 15.8 Å². The molecule has 1 aliphatic heterocycles. The summed E-state index contributed by atoms with van der Waals surface area (Å²) in [5, 5.41) is 3.57. The van der Waals surface area contributed by atoms with Crippen LogP contribution in [0.2, 0.25) is 0 Å². The number of allylic oxidation sites excluding steroid dienone is 3. The largest absolute Gasteiger partial charge is 0.372 e. The number of Topliss-reactive ketones (excluding diaryl/α,β-unsaturated/α-hetero) is 2. The van der Waals surface area contributed by atoms with Crippen LogP contribution in [0, 0.1) is 5.92 Å². The van der Waals surface area contributed by atoms with Gasteiger partial charge in [-0.1, -0.05) is 24.6 Å². The Morgan fingerprint density at radius 2 is 2.03 bits per heavy atom. The van der Waals surface area contributed by atoms with Gasteiger partial charge in [0.05, 0.1) is 24.8 Å². The van der Waals surface area contributed by atoms with Crippen LogP contribution in [0.4, 0.5) is 0 Å². The molecule has 2 aliphatic carbocycles. The topological polar surface area (TPSA) is 84.7 Å². The van der Waals surface area contributed by atoms with Crippen molar-refractivity contribution in [1.82, 2.24) is 10.2 Å². The minimum absolute atomic E-state index is 0.0339. The van der Waals surface area contributed by atoms with Crippen molar-refractivity contribution in [2.45, 2.75) is 115 Å². The van der Waals surface area contributed by atoms with Gasteiger partial charge in [0.15, 0.2) is 11.6 Å². The van der Waals surface area contributed by atoms with Gasteiger partial charge in [-0.3, -0.25) is 14.5 Å². The van der Waals surface area contributed by atoms with Gasteiger partial charge in [-0.25, -0.2) is 0 Å². The first-order valence-corrected chi connectivity index (χ1v) is 14.1. The first-order chi connectivity index (χ1) is 16.8. The molecule has 0 bridgehead atoms. The number of hydrogen-bond acceptors (Lipinski definition) is 6. The molecule has 3 aliphatic rings. The standard InChI is InChI=1S/C29H49N3O3/c1-22(32-18-10-16-26(33)24-14-7-8-17-27(24)35-20-19-32)25(31-21-28(34)29(2,3)30)15-9-13-23-11-5-4-6-12-23/h5,11,14,22-23,25,27,31H,4,6-10,12-13,15-21,30H2,1-3H3/t22?,23?,25-,27?/m1/s1. The summed E-state index contributed by atoms with van der Waals surface area (Å²) in [6, 6.07) is 0.433. The minimum atomic E-state index is -0.830. The zero-order valence-corrected chi connectivity index (χ0v) is 22.4. The summed E-state index contributed by atoms with van der Waals surface area (Å²) in [5.41, 5.74) is 6.14. The smallest absolute Gasteiger partial charge is 0.165 e. The second kappa shape index (κ2) is 13.8. The van der Waals surface area contributed by atoms with Crippen LogP contribution in [0.5, 0.6) is 0 Å². The Kier molecular flexibility index (Phi) is 11.2. The van der Waals surface area contributed by atoms with Gasteiger partial charge in [0, 0.05) is 30.6 Å². The number of nitrogens with one attached hydrogen (secondary N) is 1. The molecule has 0 aromatic heterocycles. The van der Waals surface area contributed by atoms with Crippen LogP contribution in [0.3, 0.4) is 0 Å². The fraction of sp³-hybridized carbons (Fsp3) is 0.793. The summed E-state index contributed by atoms with van der Waals surface area (Å²) in [7, 11) is 0. The molecule has 1 heterocycles. The lowest BCUT2D eigenvalue weighted by Crippen LogP contribution is -2.54. The van der Waals surface area contributed by atoms with Crippen molar-refractivity contribution in [2.24, 2.45) is 11.7 Å². The van der Waals surface area contributed by atoms with Crippen LogP contribution in [-0.2, 0) is 14.3 Å². The number of ether oxygens (including phenoxy) is 1. The van der Waals surface area contributed by atoms with Crippen LogP contribution in [-0.4, -0.2) is 66.4 Å². The second-order valence-electron chi connectivity index (χ2n) is 11.4. The molecule has 0 amide bonds. The third kappa shape index (κ3) is 8.92. The number of ketones is 2. The summed E-state index contributed by atoms with van der Waals surface area (Å²) in [6.45, 7) is 8.45. The SMILES string of the molecule is CC([C@@H](CCCC1C=CCCC1)NCC(=O)C(C)(C)N)N1CCCC(=O)C2=CCCCC2OCC1. The number of nitrogens with zero attached hydrogens (tertiary/aromatic N) is 1. The van der Waals surface area contributed by atoms with E-state index in [9.17, 15) is 9.59 Å². The average Bonchev–Trinajstić information content (AvgIpc) is 2.84. The highest BCUT2D eigenvalue weighted by atomic mass is 16.5. The van der Waals surface area contributed by atoms with E-state index in [-0.39, 0.29) is 29.8 Å². The van der Waals surface area contributed by atoms with Gasteiger partial charge in [-0.15, -0.1) is 0 Å². The van der Waals surface area contributed by atoms with Crippen LogP contribution < -0.4 is 11.1 Å². The van der Waals surface area contributed by atoms with Crippen LogP contribution in [0.25, 0.3) is 0 Å². The number of rotatable bonds is 10. The van der Waals surface area contributed by atoms with E-state index in [0.29, 0.717) is 25.5 Å². The van der Waals surface area contributed by atoms with E-state index >= 15 is 0 Å². The maximum Gasteiger partial charge on any atom is 0.165 e. The van der Waals surface area contributed by atoms with Crippen molar-refractivity contribution in [3.05, 3.63) is 23.8 Å². The molecule has 0 saturated carbocycles. The number of carbonyl (C=O) groups excluding carboxylic acids is 2. The molecular formula is C29H49N3O3. The van der Waals surface area contributed by atoms with E-state index in [0.717, 1.165) is 57.2 Å². The van der Waals surface area contributed by atoms with Gasteiger partial charge in [-0.2, -0.15) is 0 Å². The maximum absolute atomic E-state index is 12.8. The third-order valence-electron chi connectivity index (χ3n) is 8.10. The normalized spacial score (nSPS) is 26.5. The van der Waals surface area contributed by atoms with Crippen molar-refractivity contribution >= 4 is 11.6 Å². The Morgan fingerprint density at radius 3 is 2.77 bits per heavy atom. The van der Waals surface area contributed by atoms with Crippen molar-refractivity contribution in [1.29, 1.82) is 0 Å². The van der Waals surface area contributed by atoms with Gasteiger partial charge in [0.25, 0.3) is 0 Å². The molecule has 6 nitrogen and oxygen atoms in total. The summed E-state index contributed by atoms with van der Waals surface area (Å²) >= 11 is 0. The molecule has 1 saturated heterocycles. The fourth-order valence-corrected chi connectivity index (χ4v) is 5.68. The molecule has 3 N–H and O–H groups in total. The predicted octanol–water partition coefficient (Wildman–Crippen LogP) is 4.33. The van der Waals surface area contributed by atoms with Gasteiger partial charge in [0.1, 0.15) is 0 Å². The number of fused-ring (bicyclic) bond motifs is 1. The predicted molar refractivity (Wildman–Crippen MR) is 142 cm³/mol. The molecule has 0 spiro atoms. The average molecular weight is 488 g/mol. The van der Waals surface area contributed by atoms with Gasteiger partial charge in [-0.05, 0) is 91.0 Å². The molecule has 1 fully saturated rings. The third-order valence-corrected chi connectivity index (χ3v) is 8.10. The molecule has 198 valence electrons. The van der Waals surface area contributed by atoms with E-state index in [2.05, 4.69) is 35.4 Å². The monoisotopic (exact) mass is 487 g/mol. The van der Waals surface area contributed by atoms with E-state index in [1.54, 1.807) is 13.8 Å². The first-order valence-electron chi connectivity index (χ1n) is 14.1. The minimum Gasteiger partial charge on any atom is -0.372 e. The maximum atomic E-state index is 12.8. The summed E-state index contributed by atoms with van der Waals surface area (Å²) in [5.74, 6) is 0.988. The molecule has 0 aromatic rings. The molecular weight excluding hydrogens is 438 g/mol. The van der Waals surface area contributed by atoms with Crippen molar-refractivity contribution in [2.75, 3.05) is 26.2 Å². The molecule has 4 atom stereocenters. The molecule has 3 unspecified atom stereocenters. The highest BCUT2D eigenvalue weighted by Gasteiger charge is 2.29. The number of nitrogens with two attached hydrogens (primary N) is 1. The highest BCUT2D eigenvalue weighted by molar-refractivity contribution is 5.96. The molecule has 3 rings (SSSR count). The Labute approximate surface area is 213 Å². The highest BCUT2D eigenvalue weighted by Crippen LogP contribution is 2.26. The van der Waals surface area contributed by atoms with Crippen molar-refractivity contribution in [3.63, 3.8) is 0 Å². The Balaban J connectivity index is 1.62. The number of carbonyl (C=O) groups is 2. The van der Waals surface area contributed by atoms with Gasteiger partial charge in [0.2, 0.25) is 0 Å². The molecule has 0 radical (unpaired) electrons. The van der Waals surface area contributed by atoms with E-state index in [4.69, 9.17) is 10.5 Å². The summed E-state index contributed by atoms with van der Waals surface area (Å²) < 4.78 is 6.23. The lowest BCUT2D eigenvalue weighted by molar-refractivity contribution is -0.122. The lowest BCUT2D eigenvalue weighted by Gasteiger charge is -2.37. The van der Waals surface area contributed by atoms with E-state index in [1.165, 1.54) is 25.7 Å². The van der Waals surface area contributed by atoms with E-state index < -0.39 is 5.54 Å². The fourth-order valence-electron chi connectivity index (χ4n) is 5.68. The Bertz CT molecular complexity index is 755. The zero-order valence-electron chi connectivity index (χ0n) is 22.4. The Hall–Kier alpha value is -1.34. The second-order valence-corrected chi connectivity index (χ2v) is 11.4. The summed E-state index contributed by atoms with van der Waals surface area (Å²) in [6.07, 6.45) is 18.4. The quantitative estimate of drug-likeness (QED) is 0.446. The first kappa shape index (κ1) is 28.2. The molecule has 6 heteroatoms. The zero-order chi connectivity index (χ0) is 25.3. The van der Waals surface area contributed by atoms with Crippen molar-refractivity contribution in [3.8, 4) is 0 Å².